The molecule has 0 saturated heterocycles. The van der Waals surface area contributed by atoms with Crippen molar-refractivity contribution in [1.29, 1.82) is 0 Å². The quantitative estimate of drug-likeness (QED) is 0.149. The molecule has 0 N–H and O–H groups in total. The number of pyridine rings is 1. The first-order chi connectivity index (χ1) is 29.2. The molecule has 0 radical (unpaired) electrons. The zero-order chi connectivity index (χ0) is 42.3. The summed E-state index contributed by atoms with van der Waals surface area (Å²) in [6, 6.07) is 56.1. The van der Waals surface area contributed by atoms with Crippen molar-refractivity contribution in [3.05, 3.63) is 187 Å². The predicted molar refractivity (Wildman–Crippen MR) is 250 cm³/mol. The normalized spacial score (nSPS) is 13.2. The minimum Gasteiger partial charge on any atom is -0.509 e. The number of nitrogens with zero attached hydrogens (tertiary/aromatic N) is 4. The molecule has 0 fully saturated rings. The maximum absolute atomic E-state index is 6.83. The summed E-state index contributed by atoms with van der Waals surface area (Å²) in [5.74, 6) is 1.96. The van der Waals surface area contributed by atoms with E-state index in [1.165, 1.54) is 11.1 Å². The average molecular weight is 993 g/mol. The maximum Gasteiger partial charge on any atom is 0.136 e. The molecule has 6 nitrogen and oxygen atoms in total. The van der Waals surface area contributed by atoms with Gasteiger partial charge in [0.05, 0.1) is 5.52 Å². The number of aromatic nitrogens is 2. The number of furan rings is 1. The standard InChI is InChI=1S/C55H49N4O2.Pt/c1-53(2,3)37-19-16-20-40(29-37)57-35-58(47-23-14-13-22-46(47)57)41-30-39(54(4,5)6)31-43(33-41)60-42-25-26-44-48(34-42)59(51-45-21-12-15-24-49(45)61-52(44)51)50-32-38(27-28-56-50)55(7,8)36-17-10-9-11-18-36;/h9-32,35H,1-8H3;/q-3;. The van der Waals surface area contributed by atoms with Gasteiger partial charge in [0.1, 0.15) is 17.0 Å². The molecule has 6 aromatic carbocycles. The Labute approximate surface area is 379 Å². The number of para-hydroxylation sites is 3. The Morgan fingerprint density at radius 3 is 2.03 bits per heavy atom. The Kier molecular flexibility index (Phi) is 10.2. The molecule has 0 unspecified atom stereocenters. The summed E-state index contributed by atoms with van der Waals surface area (Å²) in [7, 11) is 0. The fourth-order valence-electron chi connectivity index (χ4n) is 8.51. The van der Waals surface area contributed by atoms with Crippen LogP contribution in [0.25, 0.3) is 38.8 Å². The van der Waals surface area contributed by atoms with Crippen molar-refractivity contribution in [2.24, 2.45) is 0 Å². The summed E-state index contributed by atoms with van der Waals surface area (Å²) in [6.45, 7) is 20.1. The fraction of sp³-hybridized carbons (Fsp3) is 0.200. The molecule has 9 aromatic rings. The second-order valence-electron chi connectivity index (χ2n) is 18.7. The largest absolute Gasteiger partial charge is 0.509 e. The third-order valence-electron chi connectivity index (χ3n) is 12.1. The van der Waals surface area contributed by atoms with Gasteiger partial charge in [-0.3, -0.25) is 0 Å². The van der Waals surface area contributed by atoms with Crippen LogP contribution in [0.4, 0.5) is 22.7 Å². The Bertz CT molecular complexity index is 3110. The molecule has 1 aliphatic rings. The summed E-state index contributed by atoms with van der Waals surface area (Å²) in [4.78, 5) is 9.47. The van der Waals surface area contributed by atoms with E-state index < -0.39 is 0 Å². The molecule has 0 atom stereocenters. The van der Waals surface area contributed by atoms with E-state index >= 15 is 0 Å². The zero-order valence-electron chi connectivity index (χ0n) is 36.4. The third-order valence-corrected chi connectivity index (χ3v) is 12.1. The van der Waals surface area contributed by atoms with Crippen LogP contribution in [-0.4, -0.2) is 9.55 Å². The molecule has 314 valence electrons. The van der Waals surface area contributed by atoms with Gasteiger partial charge in [-0.1, -0.05) is 133 Å². The van der Waals surface area contributed by atoms with Crippen molar-refractivity contribution in [2.45, 2.75) is 71.6 Å². The van der Waals surface area contributed by atoms with E-state index in [0.717, 1.165) is 72.7 Å². The molecule has 0 saturated carbocycles. The van der Waals surface area contributed by atoms with Gasteiger partial charge in [0.2, 0.25) is 0 Å². The van der Waals surface area contributed by atoms with Gasteiger partial charge >= 0.3 is 0 Å². The van der Waals surface area contributed by atoms with E-state index in [9.17, 15) is 0 Å². The molecule has 0 bridgehead atoms. The van der Waals surface area contributed by atoms with E-state index in [1.54, 1.807) is 0 Å². The number of fused-ring (bicyclic) bond motifs is 6. The average Bonchev–Trinajstić information content (AvgIpc) is 3.92. The maximum atomic E-state index is 6.83. The van der Waals surface area contributed by atoms with Gasteiger partial charge in [-0.25, -0.2) is 4.98 Å². The molecule has 3 aromatic heterocycles. The van der Waals surface area contributed by atoms with Crippen LogP contribution in [0.3, 0.4) is 0 Å². The van der Waals surface area contributed by atoms with Crippen LogP contribution in [0.15, 0.2) is 150 Å². The molecule has 62 heavy (non-hydrogen) atoms. The van der Waals surface area contributed by atoms with Crippen molar-refractivity contribution < 1.29 is 30.2 Å². The number of hydrogen-bond donors (Lipinski definition) is 0. The van der Waals surface area contributed by atoms with Crippen LogP contribution in [0, 0.1) is 18.8 Å². The van der Waals surface area contributed by atoms with Gasteiger partial charge in [-0.15, -0.1) is 48.3 Å². The van der Waals surface area contributed by atoms with Crippen molar-refractivity contribution >= 4 is 55.7 Å². The Balaban J connectivity index is 0.00000490. The summed E-state index contributed by atoms with van der Waals surface area (Å²) in [6.07, 6.45) is 1.90. The minimum atomic E-state index is -0.260. The number of ether oxygens (including phenoxy) is 1. The van der Waals surface area contributed by atoms with Crippen LogP contribution in [0.2, 0.25) is 0 Å². The number of hydrogen-bond acceptors (Lipinski definition) is 5. The summed E-state index contributed by atoms with van der Waals surface area (Å²) in [5, 5.41) is 1.94. The number of rotatable bonds is 7. The van der Waals surface area contributed by atoms with Crippen molar-refractivity contribution in [3.8, 4) is 17.3 Å². The van der Waals surface area contributed by atoms with E-state index in [2.05, 4.69) is 204 Å². The molecule has 10 rings (SSSR count). The zero-order valence-corrected chi connectivity index (χ0v) is 38.6. The van der Waals surface area contributed by atoms with Gasteiger partial charge in [0.15, 0.2) is 0 Å². The molecular formula is C55H49N4O2Pt-3. The smallest absolute Gasteiger partial charge is 0.136 e. The number of benzene rings is 6. The van der Waals surface area contributed by atoms with Gasteiger partial charge < -0.3 is 23.5 Å². The van der Waals surface area contributed by atoms with E-state index in [1.807, 2.05) is 30.5 Å². The fourth-order valence-corrected chi connectivity index (χ4v) is 8.51. The summed E-state index contributed by atoms with van der Waals surface area (Å²) >= 11 is 0. The second kappa shape index (κ2) is 15.4. The van der Waals surface area contributed by atoms with Crippen LogP contribution in [0.5, 0.6) is 11.5 Å². The molecular weight excluding hydrogens is 944 g/mol. The minimum absolute atomic E-state index is 0. The molecule has 0 amide bonds. The Morgan fingerprint density at radius 1 is 0.581 bits per heavy atom. The SMILES string of the molecule is CC(C)(C)c1cc(Oc2[c-]c3c(cc2)c2oc4ccccc4c2n3-c2cc(C(C)(C)c3ccccc3)ccn2)[c-]c(N2[CH-]N(c3cccc(C(C)(C)C)c3)c3ccccc32)c1.[Pt]. The van der Waals surface area contributed by atoms with Crippen molar-refractivity contribution in [3.63, 3.8) is 0 Å². The first kappa shape index (κ1) is 41.3. The molecule has 7 heteroatoms. The van der Waals surface area contributed by atoms with Crippen LogP contribution >= 0.6 is 0 Å². The Morgan fingerprint density at radius 2 is 1.27 bits per heavy atom. The summed E-state index contributed by atoms with van der Waals surface area (Å²) in [5.41, 5.74) is 12.0. The monoisotopic (exact) mass is 992 g/mol. The molecule has 4 heterocycles. The van der Waals surface area contributed by atoms with Crippen LogP contribution in [0.1, 0.15) is 77.6 Å². The van der Waals surface area contributed by atoms with Crippen LogP contribution < -0.4 is 14.5 Å². The molecule has 0 spiro atoms. The third kappa shape index (κ3) is 7.18. The first-order valence-electron chi connectivity index (χ1n) is 21.0. The molecule has 0 aliphatic carbocycles. The van der Waals surface area contributed by atoms with Gasteiger partial charge in [-0.05, 0) is 76.1 Å². The number of anilines is 4. The Hall–Kier alpha value is -6.10. The van der Waals surface area contributed by atoms with Gasteiger partial charge in [-0.2, -0.15) is 6.07 Å². The van der Waals surface area contributed by atoms with Crippen LogP contribution in [-0.2, 0) is 37.3 Å². The van der Waals surface area contributed by atoms with Crippen molar-refractivity contribution in [2.75, 3.05) is 9.80 Å². The van der Waals surface area contributed by atoms with E-state index in [4.69, 9.17) is 14.1 Å². The topological polar surface area (TPSA) is 46.7 Å². The first-order valence-corrected chi connectivity index (χ1v) is 21.0. The van der Waals surface area contributed by atoms with E-state index in [-0.39, 0.29) is 37.3 Å². The molecule has 1 aliphatic heterocycles. The second-order valence-corrected chi connectivity index (χ2v) is 18.7. The van der Waals surface area contributed by atoms with E-state index in [0.29, 0.717) is 11.5 Å². The summed E-state index contributed by atoms with van der Waals surface area (Å²) < 4.78 is 15.6. The van der Waals surface area contributed by atoms with Crippen molar-refractivity contribution in [1.82, 2.24) is 9.55 Å². The van der Waals surface area contributed by atoms with Gasteiger partial charge in [0, 0.05) is 66.6 Å². The predicted octanol–water partition coefficient (Wildman–Crippen LogP) is 14.6. The van der Waals surface area contributed by atoms with Gasteiger partial charge in [0.25, 0.3) is 0 Å².